The van der Waals surface area contributed by atoms with E-state index >= 15 is 0 Å². The highest BCUT2D eigenvalue weighted by atomic mass is 16.6. The van der Waals surface area contributed by atoms with Crippen LogP contribution >= 0.6 is 0 Å². The quantitative estimate of drug-likeness (QED) is 0.410. The molecule has 0 aliphatic heterocycles. The first kappa shape index (κ1) is 24.7. The number of rotatable bonds is 6. The van der Waals surface area contributed by atoms with Gasteiger partial charge in [-0.3, -0.25) is 10.1 Å². The standard InChI is InChI=1S/C25H35N7O3/c1-15-13-21(22(32(34)35)14-16(15)2)29-25(33)27-18-11-9-17(10-12-18)26-24-28-20-8-6-5-7-19(20)23(30-24)31(3)4/h13-14,17-18H,5-12H2,1-4H3,(H,26,28,30)(H2,27,29,33)/t17-,18+. The molecule has 0 radical (unpaired) electrons. The number of amides is 2. The van der Waals surface area contributed by atoms with Gasteiger partial charge in [-0.05, 0) is 82.4 Å². The van der Waals surface area contributed by atoms with Gasteiger partial charge in [-0.25, -0.2) is 9.78 Å². The van der Waals surface area contributed by atoms with Crippen molar-refractivity contribution in [3.8, 4) is 0 Å². The fourth-order valence-electron chi connectivity index (χ4n) is 4.97. The van der Waals surface area contributed by atoms with Gasteiger partial charge in [0, 0.05) is 37.8 Å². The zero-order valence-corrected chi connectivity index (χ0v) is 21.0. The molecule has 35 heavy (non-hydrogen) atoms. The lowest BCUT2D eigenvalue weighted by atomic mass is 9.91. The summed E-state index contributed by atoms with van der Waals surface area (Å²) in [6.45, 7) is 3.68. The second-order valence-corrected chi connectivity index (χ2v) is 9.90. The van der Waals surface area contributed by atoms with Crippen molar-refractivity contribution in [2.24, 2.45) is 0 Å². The van der Waals surface area contributed by atoms with Gasteiger partial charge in [-0.15, -0.1) is 0 Å². The van der Waals surface area contributed by atoms with Crippen molar-refractivity contribution in [1.29, 1.82) is 0 Å². The molecule has 1 aromatic carbocycles. The van der Waals surface area contributed by atoms with Gasteiger partial charge in [0.05, 0.1) is 10.6 Å². The molecule has 2 aromatic rings. The molecule has 0 bridgehead atoms. The van der Waals surface area contributed by atoms with Gasteiger partial charge in [0.15, 0.2) is 0 Å². The van der Waals surface area contributed by atoms with Crippen molar-refractivity contribution >= 4 is 29.2 Å². The Balaban J connectivity index is 1.33. The second-order valence-electron chi connectivity index (χ2n) is 9.90. The monoisotopic (exact) mass is 481 g/mol. The van der Waals surface area contributed by atoms with Crippen LogP contribution in [-0.2, 0) is 12.8 Å². The molecule has 3 N–H and O–H groups in total. The lowest BCUT2D eigenvalue weighted by Crippen LogP contribution is -2.42. The highest BCUT2D eigenvalue weighted by Crippen LogP contribution is 2.30. The zero-order chi connectivity index (χ0) is 25.1. The highest BCUT2D eigenvalue weighted by molar-refractivity contribution is 5.92. The predicted octanol–water partition coefficient (Wildman–Crippen LogP) is 4.49. The number of aryl methyl sites for hydroxylation is 3. The molecular formula is C25H35N7O3. The molecule has 2 aliphatic rings. The molecule has 1 saturated carbocycles. The number of nitro benzene ring substituents is 1. The fraction of sp³-hybridized carbons (Fsp3) is 0.560. The van der Waals surface area contributed by atoms with Gasteiger partial charge >= 0.3 is 6.03 Å². The molecule has 0 spiro atoms. The third kappa shape index (κ3) is 5.80. The highest BCUT2D eigenvalue weighted by Gasteiger charge is 2.26. The molecule has 0 saturated heterocycles. The van der Waals surface area contributed by atoms with E-state index in [1.54, 1.807) is 6.07 Å². The molecule has 10 nitrogen and oxygen atoms in total. The number of anilines is 3. The van der Waals surface area contributed by atoms with E-state index < -0.39 is 11.0 Å². The Hall–Kier alpha value is -3.43. The Morgan fingerprint density at radius 3 is 2.37 bits per heavy atom. The van der Waals surface area contributed by atoms with Crippen LogP contribution in [0.4, 0.5) is 27.9 Å². The molecule has 1 heterocycles. The summed E-state index contributed by atoms with van der Waals surface area (Å²) in [7, 11) is 4.05. The van der Waals surface area contributed by atoms with E-state index in [2.05, 4.69) is 20.9 Å². The number of urea groups is 1. The molecule has 4 rings (SSSR count). The number of nitrogens with one attached hydrogen (secondary N) is 3. The van der Waals surface area contributed by atoms with E-state index in [0.717, 1.165) is 61.2 Å². The summed E-state index contributed by atoms with van der Waals surface area (Å²) in [6.07, 6.45) is 7.77. The molecule has 2 amide bonds. The van der Waals surface area contributed by atoms with Crippen LogP contribution in [0.3, 0.4) is 0 Å². The van der Waals surface area contributed by atoms with Gasteiger partial charge in [0.1, 0.15) is 11.5 Å². The van der Waals surface area contributed by atoms with Crippen molar-refractivity contribution < 1.29 is 9.72 Å². The SMILES string of the molecule is Cc1cc(NC(=O)N[C@H]2CC[C@@H](Nc3nc4c(c(N(C)C)n3)CCCC4)CC2)c([N+](=O)[O-])cc1C. The Kier molecular flexibility index (Phi) is 7.37. The van der Waals surface area contributed by atoms with Crippen LogP contribution in [0.2, 0.25) is 0 Å². The number of hydrogen-bond acceptors (Lipinski definition) is 7. The number of aromatic nitrogens is 2. The molecule has 10 heteroatoms. The predicted molar refractivity (Wildman–Crippen MR) is 137 cm³/mol. The van der Waals surface area contributed by atoms with Crippen LogP contribution in [0.1, 0.15) is 60.9 Å². The Labute approximate surface area is 206 Å². The zero-order valence-electron chi connectivity index (χ0n) is 21.0. The normalized spacial score (nSPS) is 19.4. The van der Waals surface area contributed by atoms with E-state index in [-0.39, 0.29) is 23.5 Å². The molecular weight excluding hydrogens is 446 g/mol. The van der Waals surface area contributed by atoms with E-state index in [0.29, 0.717) is 5.95 Å². The third-order valence-electron chi connectivity index (χ3n) is 7.04. The number of fused-ring (bicyclic) bond motifs is 1. The Morgan fingerprint density at radius 1 is 1.03 bits per heavy atom. The molecule has 0 unspecified atom stereocenters. The number of hydrogen-bond donors (Lipinski definition) is 3. The van der Waals surface area contributed by atoms with Crippen LogP contribution in [0.15, 0.2) is 12.1 Å². The topological polar surface area (TPSA) is 125 Å². The largest absolute Gasteiger partial charge is 0.362 e. The van der Waals surface area contributed by atoms with Crippen molar-refractivity contribution in [1.82, 2.24) is 15.3 Å². The summed E-state index contributed by atoms with van der Waals surface area (Å²) in [5.74, 6) is 1.69. The van der Waals surface area contributed by atoms with Gasteiger partial charge < -0.3 is 20.9 Å². The maximum Gasteiger partial charge on any atom is 0.319 e. The second kappa shape index (κ2) is 10.5. The van der Waals surface area contributed by atoms with Crippen LogP contribution in [-0.4, -0.2) is 47.1 Å². The van der Waals surface area contributed by atoms with Gasteiger partial charge in [0.25, 0.3) is 5.69 Å². The summed E-state index contributed by atoms with van der Waals surface area (Å²) in [6, 6.07) is 2.98. The summed E-state index contributed by atoms with van der Waals surface area (Å²) in [5, 5.41) is 20.6. The number of benzene rings is 1. The van der Waals surface area contributed by atoms with E-state index in [4.69, 9.17) is 9.97 Å². The average molecular weight is 482 g/mol. The Bertz CT molecular complexity index is 1110. The van der Waals surface area contributed by atoms with Gasteiger partial charge in [-0.2, -0.15) is 4.98 Å². The minimum atomic E-state index is -0.469. The molecule has 2 aliphatic carbocycles. The van der Waals surface area contributed by atoms with Gasteiger partial charge in [0.2, 0.25) is 5.95 Å². The molecule has 1 aromatic heterocycles. The number of carbonyl (C=O) groups is 1. The maximum atomic E-state index is 12.6. The average Bonchev–Trinajstić information content (AvgIpc) is 2.81. The van der Waals surface area contributed by atoms with E-state index in [1.807, 2.05) is 27.9 Å². The van der Waals surface area contributed by atoms with E-state index in [9.17, 15) is 14.9 Å². The van der Waals surface area contributed by atoms with Gasteiger partial charge in [-0.1, -0.05) is 0 Å². The molecule has 0 atom stereocenters. The maximum absolute atomic E-state index is 12.6. The minimum Gasteiger partial charge on any atom is -0.362 e. The van der Waals surface area contributed by atoms with Crippen LogP contribution in [0.25, 0.3) is 0 Å². The van der Waals surface area contributed by atoms with Crippen LogP contribution in [0, 0.1) is 24.0 Å². The summed E-state index contributed by atoms with van der Waals surface area (Å²) >= 11 is 0. The number of nitro groups is 1. The minimum absolute atomic E-state index is 0.0143. The molecule has 1 fully saturated rings. The first-order valence-electron chi connectivity index (χ1n) is 12.4. The summed E-state index contributed by atoms with van der Waals surface area (Å²) in [5.41, 5.74) is 4.25. The van der Waals surface area contributed by atoms with Crippen LogP contribution in [0.5, 0.6) is 0 Å². The first-order chi connectivity index (χ1) is 16.7. The van der Waals surface area contributed by atoms with Crippen molar-refractivity contribution in [3.63, 3.8) is 0 Å². The Morgan fingerprint density at radius 2 is 1.69 bits per heavy atom. The summed E-state index contributed by atoms with van der Waals surface area (Å²) < 4.78 is 0. The number of carbonyl (C=O) groups excluding carboxylic acids is 1. The smallest absolute Gasteiger partial charge is 0.319 e. The first-order valence-corrected chi connectivity index (χ1v) is 12.4. The fourth-order valence-corrected chi connectivity index (χ4v) is 4.97. The van der Waals surface area contributed by atoms with Crippen molar-refractivity contribution in [3.05, 3.63) is 44.6 Å². The lowest BCUT2D eigenvalue weighted by molar-refractivity contribution is -0.384. The van der Waals surface area contributed by atoms with Crippen LogP contribution < -0.4 is 20.9 Å². The summed E-state index contributed by atoms with van der Waals surface area (Å²) in [4.78, 5) is 35.2. The van der Waals surface area contributed by atoms with Crippen molar-refractivity contribution in [2.45, 2.75) is 77.3 Å². The van der Waals surface area contributed by atoms with E-state index in [1.165, 1.54) is 24.5 Å². The number of nitrogens with zero attached hydrogens (tertiary/aromatic N) is 4. The lowest BCUT2D eigenvalue weighted by Gasteiger charge is -2.30. The third-order valence-corrected chi connectivity index (χ3v) is 7.04. The molecule has 188 valence electrons. The van der Waals surface area contributed by atoms with Crippen molar-refractivity contribution in [2.75, 3.05) is 29.6 Å².